The van der Waals surface area contributed by atoms with Crippen molar-refractivity contribution in [1.82, 2.24) is 0 Å². The summed E-state index contributed by atoms with van der Waals surface area (Å²) >= 11 is 0. The second-order valence-corrected chi connectivity index (χ2v) is 15.1. The van der Waals surface area contributed by atoms with Crippen molar-refractivity contribution in [2.75, 3.05) is 0 Å². The molecule has 0 spiro atoms. The van der Waals surface area contributed by atoms with Crippen LogP contribution in [0.15, 0.2) is 72.8 Å². The van der Waals surface area contributed by atoms with E-state index in [1.807, 2.05) is 0 Å². The first-order valence-electron chi connectivity index (χ1n) is 15.2. The van der Waals surface area contributed by atoms with Crippen molar-refractivity contribution >= 4 is 7.85 Å². The maximum atomic E-state index is 2.52. The van der Waals surface area contributed by atoms with E-state index in [9.17, 15) is 0 Å². The Balaban J connectivity index is 1.27. The second-order valence-electron chi connectivity index (χ2n) is 15.1. The minimum absolute atomic E-state index is 0.0371. The van der Waals surface area contributed by atoms with Gasteiger partial charge in [-0.05, 0) is 98.5 Å². The summed E-state index contributed by atoms with van der Waals surface area (Å²) in [6.07, 6.45) is 2.29. The van der Waals surface area contributed by atoms with E-state index in [0.29, 0.717) is 0 Å². The van der Waals surface area contributed by atoms with Gasteiger partial charge in [0.05, 0.1) is 0 Å². The van der Waals surface area contributed by atoms with Gasteiger partial charge in [0.15, 0.2) is 0 Å². The van der Waals surface area contributed by atoms with Gasteiger partial charge in [-0.3, -0.25) is 0 Å². The van der Waals surface area contributed by atoms with Gasteiger partial charge in [0.25, 0.3) is 0 Å². The van der Waals surface area contributed by atoms with Crippen LogP contribution in [0, 0.1) is 13.8 Å². The molecule has 0 aliphatic heterocycles. The van der Waals surface area contributed by atoms with Crippen LogP contribution in [0.5, 0.6) is 0 Å². The van der Waals surface area contributed by atoms with Crippen molar-refractivity contribution in [1.29, 1.82) is 0 Å². The Kier molecular flexibility index (Phi) is 5.92. The van der Waals surface area contributed by atoms with Crippen molar-refractivity contribution in [3.8, 4) is 22.3 Å². The quantitative estimate of drug-likeness (QED) is 0.228. The highest BCUT2D eigenvalue weighted by atomic mass is 14.4. The van der Waals surface area contributed by atoms with Crippen LogP contribution in [0.4, 0.5) is 0 Å². The molecule has 0 fully saturated rings. The summed E-state index contributed by atoms with van der Waals surface area (Å²) < 4.78 is 0. The zero-order chi connectivity index (χ0) is 28.8. The SMILES string of the molecule is BC1(C)c2cc(C)ccc2-c2ccc(C(C)(C)CCC(C)(C)c3ccc4c(c3)C(C)(C)c3cc(C)ccc3-4)cc21. The van der Waals surface area contributed by atoms with E-state index >= 15 is 0 Å². The number of rotatable bonds is 5. The van der Waals surface area contributed by atoms with Crippen LogP contribution in [-0.2, 0) is 21.6 Å². The molecule has 0 aromatic heterocycles. The molecule has 0 N–H and O–H groups in total. The number of fused-ring (bicyclic) bond motifs is 6. The van der Waals surface area contributed by atoms with Crippen LogP contribution in [0.2, 0.25) is 0 Å². The fraction of sp³-hybridized carbons (Fsp3) is 0.385. The second kappa shape index (κ2) is 8.72. The molecule has 40 heavy (non-hydrogen) atoms. The van der Waals surface area contributed by atoms with E-state index in [4.69, 9.17) is 0 Å². The zero-order valence-corrected chi connectivity index (χ0v) is 26.3. The molecule has 0 nitrogen and oxygen atoms in total. The van der Waals surface area contributed by atoms with Crippen molar-refractivity contribution in [2.24, 2.45) is 0 Å². The highest BCUT2D eigenvalue weighted by Gasteiger charge is 2.38. The third kappa shape index (κ3) is 4.03. The predicted molar refractivity (Wildman–Crippen MR) is 176 cm³/mol. The first-order chi connectivity index (χ1) is 18.6. The Morgan fingerprint density at radius 1 is 0.525 bits per heavy atom. The lowest BCUT2D eigenvalue weighted by atomic mass is 9.63. The number of benzene rings is 4. The van der Waals surface area contributed by atoms with Crippen molar-refractivity contribution in [3.05, 3.63) is 117 Å². The van der Waals surface area contributed by atoms with Crippen LogP contribution in [0.3, 0.4) is 0 Å². The van der Waals surface area contributed by atoms with Gasteiger partial charge in [-0.15, -0.1) is 0 Å². The molecule has 1 unspecified atom stereocenters. The molecule has 204 valence electrons. The van der Waals surface area contributed by atoms with Crippen LogP contribution in [0.25, 0.3) is 22.3 Å². The molecule has 6 rings (SSSR count). The lowest BCUT2D eigenvalue weighted by Gasteiger charge is -2.34. The lowest BCUT2D eigenvalue weighted by Crippen LogP contribution is -2.26. The number of hydrogen-bond acceptors (Lipinski definition) is 0. The molecule has 1 heteroatoms. The smallest absolute Gasteiger partial charge is 0.0589 e. The summed E-state index contributed by atoms with van der Waals surface area (Å²) in [4.78, 5) is 0. The normalized spacial score (nSPS) is 18.7. The van der Waals surface area contributed by atoms with Gasteiger partial charge < -0.3 is 0 Å². The number of aryl methyl sites for hydroxylation is 2. The molecular weight excluding hydrogens is 479 g/mol. The Morgan fingerprint density at radius 2 is 0.875 bits per heavy atom. The molecule has 0 bridgehead atoms. The first-order valence-corrected chi connectivity index (χ1v) is 15.2. The average Bonchev–Trinajstić information content (AvgIpc) is 3.26. The van der Waals surface area contributed by atoms with Crippen molar-refractivity contribution in [2.45, 2.75) is 96.7 Å². The minimum atomic E-state index is 0.0371. The van der Waals surface area contributed by atoms with Crippen LogP contribution >= 0.6 is 0 Å². The molecule has 0 amide bonds. The number of hydrogen-bond donors (Lipinski definition) is 0. The summed E-state index contributed by atoms with van der Waals surface area (Å²) in [5.41, 5.74) is 17.4. The average molecular weight is 525 g/mol. The van der Waals surface area contributed by atoms with E-state index < -0.39 is 0 Å². The third-order valence-electron chi connectivity index (χ3n) is 10.6. The molecule has 4 aromatic rings. The summed E-state index contributed by atoms with van der Waals surface area (Å²) in [6.45, 7) is 21.4. The summed E-state index contributed by atoms with van der Waals surface area (Å²) in [5, 5.41) is 0.0371. The van der Waals surface area contributed by atoms with Crippen LogP contribution in [-0.4, -0.2) is 7.85 Å². The third-order valence-corrected chi connectivity index (χ3v) is 10.6. The van der Waals surface area contributed by atoms with Crippen LogP contribution < -0.4 is 0 Å². The largest absolute Gasteiger partial charge is 0.120 e. The Labute approximate surface area is 243 Å². The van der Waals surface area contributed by atoms with Gasteiger partial charge >= 0.3 is 0 Å². The van der Waals surface area contributed by atoms with Gasteiger partial charge in [-0.25, -0.2) is 0 Å². The Morgan fingerprint density at radius 3 is 1.38 bits per heavy atom. The van der Waals surface area contributed by atoms with Crippen molar-refractivity contribution in [3.63, 3.8) is 0 Å². The standard InChI is InChI=1S/C39H45B/c1-24-10-14-28-29-16-12-26(22-33(29)38(7,8)32(28)20-24)36(3,4)18-19-37(5,6)27-13-17-31-30-15-11-25(2)21-34(30)39(9,40)35(31)23-27/h10-17,20-23H,18-19,40H2,1-9H3. The fourth-order valence-electron chi connectivity index (χ4n) is 7.46. The van der Waals surface area contributed by atoms with E-state index in [1.165, 1.54) is 66.8 Å². The summed E-state index contributed by atoms with van der Waals surface area (Å²) in [7, 11) is 2.39. The molecular formula is C39H45B. The zero-order valence-electron chi connectivity index (χ0n) is 26.3. The van der Waals surface area contributed by atoms with Crippen molar-refractivity contribution < 1.29 is 0 Å². The molecule has 4 aromatic carbocycles. The fourth-order valence-corrected chi connectivity index (χ4v) is 7.46. The molecule has 0 heterocycles. The van der Waals surface area contributed by atoms with E-state index in [2.05, 4.69) is 143 Å². The highest BCUT2D eigenvalue weighted by Crippen LogP contribution is 2.51. The lowest BCUT2D eigenvalue weighted by molar-refractivity contribution is 0.374. The highest BCUT2D eigenvalue weighted by molar-refractivity contribution is 6.21. The summed E-state index contributed by atoms with van der Waals surface area (Å²) in [5.74, 6) is 0. The van der Waals surface area contributed by atoms with E-state index in [0.717, 1.165) is 12.8 Å². The topological polar surface area (TPSA) is 0 Å². The minimum Gasteiger partial charge on any atom is -0.0589 e. The predicted octanol–water partition coefficient (Wildman–Crippen LogP) is 9.52. The van der Waals surface area contributed by atoms with Crippen LogP contribution in [0.1, 0.15) is 106 Å². The molecule has 0 saturated heterocycles. The summed E-state index contributed by atoms with van der Waals surface area (Å²) in [6, 6.07) is 28.6. The Hall–Kier alpha value is -3.06. The van der Waals surface area contributed by atoms with E-state index in [-0.39, 0.29) is 21.6 Å². The molecule has 2 aliphatic carbocycles. The van der Waals surface area contributed by atoms with Gasteiger partial charge in [0.2, 0.25) is 0 Å². The van der Waals surface area contributed by atoms with Gasteiger partial charge in [-0.2, -0.15) is 0 Å². The maximum absolute atomic E-state index is 2.52. The maximum Gasteiger partial charge on any atom is 0.120 e. The molecule has 2 aliphatic rings. The van der Waals surface area contributed by atoms with Gasteiger partial charge in [0.1, 0.15) is 7.85 Å². The molecule has 0 saturated carbocycles. The van der Waals surface area contributed by atoms with Gasteiger partial charge in [-0.1, -0.05) is 132 Å². The Bertz CT molecular complexity index is 1540. The monoisotopic (exact) mass is 524 g/mol. The molecule has 0 radical (unpaired) electrons. The van der Waals surface area contributed by atoms with Gasteiger partial charge in [0, 0.05) is 5.41 Å². The first kappa shape index (κ1) is 27.1. The van der Waals surface area contributed by atoms with E-state index in [1.54, 1.807) is 0 Å². The molecule has 1 atom stereocenters.